The van der Waals surface area contributed by atoms with Crippen LogP contribution in [0.2, 0.25) is 5.02 Å². The molecule has 0 saturated carbocycles. The Hall–Kier alpha value is -2.29. The molecule has 0 aromatic heterocycles. The van der Waals surface area contributed by atoms with Gasteiger partial charge >= 0.3 is 0 Å². The number of carbonyl (C=O) groups is 1. The fraction of sp³-hybridized carbons (Fsp3) is 0.409. The molecule has 7 nitrogen and oxygen atoms in total. The highest BCUT2D eigenvalue weighted by molar-refractivity contribution is 7.89. The highest BCUT2D eigenvalue weighted by Crippen LogP contribution is 2.21. The van der Waals surface area contributed by atoms with Crippen LogP contribution in [-0.4, -0.2) is 64.2 Å². The topological polar surface area (TPSA) is 78.9 Å². The van der Waals surface area contributed by atoms with Gasteiger partial charge in [0.25, 0.3) is 0 Å². The third kappa shape index (κ3) is 6.85. The zero-order valence-electron chi connectivity index (χ0n) is 17.6. The lowest BCUT2D eigenvalue weighted by atomic mass is 10.1. The zero-order chi connectivity index (χ0) is 22.3. The van der Waals surface area contributed by atoms with Crippen LogP contribution in [0.5, 0.6) is 5.75 Å². The first kappa shape index (κ1) is 23.4. The summed E-state index contributed by atoms with van der Waals surface area (Å²) in [6, 6.07) is 15.1. The van der Waals surface area contributed by atoms with E-state index in [4.69, 9.17) is 16.3 Å². The Balaban J connectivity index is 1.39. The normalized spacial score (nSPS) is 15.0. The Labute approximate surface area is 189 Å². The molecule has 2 aromatic carbocycles. The van der Waals surface area contributed by atoms with Crippen molar-refractivity contribution in [3.63, 3.8) is 0 Å². The summed E-state index contributed by atoms with van der Waals surface area (Å²) >= 11 is 6.05. The molecular formula is C22H28ClN3O4S. The lowest BCUT2D eigenvalue weighted by Crippen LogP contribution is -2.50. The number of nitrogens with one attached hydrogen (secondary N) is 1. The number of hydrogen-bond donors (Lipinski definition) is 1. The van der Waals surface area contributed by atoms with Crippen LogP contribution >= 0.6 is 11.6 Å². The van der Waals surface area contributed by atoms with Crippen LogP contribution in [0.25, 0.3) is 0 Å². The van der Waals surface area contributed by atoms with E-state index in [-0.39, 0.29) is 18.2 Å². The van der Waals surface area contributed by atoms with E-state index < -0.39 is 10.0 Å². The number of sulfonamides is 1. The maximum absolute atomic E-state index is 12.6. The molecule has 1 aliphatic rings. The third-order valence-corrected chi connectivity index (χ3v) is 7.39. The second kappa shape index (κ2) is 10.8. The van der Waals surface area contributed by atoms with E-state index in [1.807, 2.05) is 48.5 Å². The Morgan fingerprint density at radius 2 is 1.81 bits per heavy atom. The summed E-state index contributed by atoms with van der Waals surface area (Å²) in [4.78, 5) is 14.2. The van der Waals surface area contributed by atoms with Crippen molar-refractivity contribution in [1.29, 1.82) is 0 Å². The maximum Gasteiger partial charge on any atom is 0.220 e. The van der Waals surface area contributed by atoms with Gasteiger partial charge in [-0.1, -0.05) is 29.8 Å². The SMILES string of the molecule is COc1ccc(CCC(=O)NCCS(=O)(=O)N2CCN(c3cccc(Cl)c3)CC2)cc1. The van der Waals surface area contributed by atoms with Crippen molar-refractivity contribution < 1.29 is 17.9 Å². The molecule has 3 rings (SSSR count). The standard InChI is InChI=1S/C22H28ClN3O4S/c1-30-21-8-5-18(6-9-21)7-10-22(27)24-11-16-31(28,29)26-14-12-25(13-15-26)20-4-2-3-19(23)17-20/h2-6,8-9,17H,7,10-16H2,1H3,(H,24,27). The van der Waals surface area contributed by atoms with Gasteiger partial charge in [-0.25, -0.2) is 8.42 Å². The van der Waals surface area contributed by atoms with Gasteiger partial charge in [-0.15, -0.1) is 0 Å². The van der Waals surface area contributed by atoms with Crippen LogP contribution in [0.1, 0.15) is 12.0 Å². The maximum atomic E-state index is 12.6. The molecule has 0 radical (unpaired) electrons. The molecule has 9 heteroatoms. The number of anilines is 1. The van der Waals surface area contributed by atoms with Crippen molar-refractivity contribution in [1.82, 2.24) is 9.62 Å². The van der Waals surface area contributed by atoms with Gasteiger partial charge in [0.1, 0.15) is 5.75 Å². The monoisotopic (exact) mass is 465 g/mol. The second-order valence-electron chi connectivity index (χ2n) is 7.38. The quantitative estimate of drug-likeness (QED) is 0.615. The molecule has 1 aliphatic heterocycles. The lowest BCUT2D eigenvalue weighted by Gasteiger charge is -2.35. The largest absolute Gasteiger partial charge is 0.497 e. The number of piperazine rings is 1. The molecule has 0 aliphatic carbocycles. The third-order valence-electron chi connectivity index (χ3n) is 5.29. The van der Waals surface area contributed by atoms with Crippen LogP contribution in [0, 0.1) is 0 Å². The van der Waals surface area contributed by atoms with Gasteiger partial charge in [-0.05, 0) is 42.3 Å². The van der Waals surface area contributed by atoms with Crippen molar-refractivity contribution in [2.45, 2.75) is 12.8 Å². The number of nitrogens with zero attached hydrogens (tertiary/aromatic N) is 2. The Kier molecular flexibility index (Phi) is 8.17. The number of ether oxygens (including phenoxy) is 1. The summed E-state index contributed by atoms with van der Waals surface area (Å²) in [5.41, 5.74) is 2.02. The predicted molar refractivity (Wildman–Crippen MR) is 123 cm³/mol. The average Bonchev–Trinajstić information content (AvgIpc) is 2.78. The van der Waals surface area contributed by atoms with Crippen molar-refractivity contribution in [2.24, 2.45) is 0 Å². The molecule has 1 heterocycles. The first-order chi connectivity index (χ1) is 14.9. The van der Waals surface area contributed by atoms with Crippen LogP contribution in [-0.2, 0) is 21.2 Å². The van der Waals surface area contributed by atoms with Crippen LogP contribution in [0.4, 0.5) is 5.69 Å². The van der Waals surface area contributed by atoms with Crippen LogP contribution in [0.15, 0.2) is 48.5 Å². The van der Waals surface area contributed by atoms with Crippen molar-refractivity contribution in [2.75, 3.05) is 50.5 Å². The van der Waals surface area contributed by atoms with Gasteiger partial charge in [0.05, 0.1) is 12.9 Å². The Morgan fingerprint density at radius 1 is 1.10 bits per heavy atom. The number of rotatable bonds is 9. The van der Waals surface area contributed by atoms with Gasteiger partial charge in [-0.2, -0.15) is 4.31 Å². The van der Waals surface area contributed by atoms with Gasteiger partial charge in [0.15, 0.2) is 0 Å². The van der Waals surface area contributed by atoms with E-state index in [1.165, 1.54) is 4.31 Å². The Morgan fingerprint density at radius 3 is 2.45 bits per heavy atom. The minimum absolute atomic E-state index is 0.0988. The second-order valence-corrected chi connectivity index (χ2v) is 9.90. The number of halogens is 1. The highest BCUT2D eigenvalue weighted by atomic mass is 35.5. The molecule has 0 bridgehead atoms. The van der Waals surface area contributed by atoms with E-state index in [9.17, 15) is 13.2 Å². The molecule has 2 aromatic rings. The molecule has 0 spiro atoms. The summed E-state index contributed by atoms with van der Waals surface area (Å²) < 4.78 is 31.9. The summed E-state index contributed by atoms with van der Waals surface area (Å²) in [5, 5.41) is 3.38. The van der Waals surface area contributed by atoms with E-state index >= 15 is 0 Å². The smallest absolute Gasteiger partial charge is 0.220 e. The van der Waals surface area contributed by atoms with Crippen molar-refractivity contribution in [3.05, 3.63) is 59.1 Å². The average molecular weight is 466 g/mol. The van der Waals surface area contributed by atoms with E-state index in [0.717, 1.165) is 17.0 Å². The van der Waals surface area contributed by atoms with Crippen molar-refractivity contribution >= 4 is 33.2 Å². The number of aryl methyl sites for hydroxylation is 1. The first-order valence-electron chi connectivity index (χ1n) is 10.3. The predicted octanol–water partition coefficient (Wildman–Crippen LogP) is 2.55. The summed E-state index contributed by atoms with van der Waals surface area (Å²) in [5.74, 6) is 0.516. The van der Waals surface area contributed by atoms with Crippen LogP contribution < -0.4 is 15.0 Å². The van der Waals surface area contributed by atoms with Gasteiger partial charge in [-0.3, -0.25) is 4.79 Å². The van der Waals surface area contributed by atoms with Gasteiger partial charge in [0, 0.05) is 49.9 Å². The minimum atomic E-state index is -3.42. The van der Waals surface area contributed by atoms with Crippen molar-refractivity contribution in [3.8, 4) is 5.75 Å². The van der Waals surface area contributed by atoms with Gasteiger partial charge < -0.3 is 15.0 Å². The molecule has 31 heavy (non-hydrogen) atoms. The minimum Gasteiger partial charge on any atom is -0.497 e. The summed E-state index contributed by atoms with van der Waals surface area (Å²) in [6.45, 7) is 2.15. The molecule has 1 fully saturated rings. The molecule has 0 atom stereocenters. The molecular weight excluding hydrogens is 438 g/mol. The molecule has 0 unspecified atom stereocenters. The van der Waals surface area contributed by atoms with E-state index in [2.05, 4.69) is 10.2 Å². The zero-order valence-corrected chi connectivity index (χ0v) is 19.2. The van der Waals surface area contributed by atoms with E-state index in [1.54, 1.807) is 7.11 Å². The molecule has 1 saturated heterocycles. The molecule has 168 valence electrons. The van der Waals surface area contributed by atoms with Crippen LogP contribution in [0.3, 0.4) is 0 Å². The number of benzene rings is 2. The summed E-state index contributed by atoms with van der Waals surface area (Å²) in [7, 11) is -1.81. The summed E-state index contributed by atoms with van der Waals surface area (Å²) in [6.07, 6.45) is 0.902. The highest BCUT2D eigenvalue weighted by Gasteiger charge is 2.26. The number of amides is 1. The fourth-order valence-corrected chi connectivity index (χ4v) is 5.01. The molecule has 1 N–H and O–H groups in total. The first-order valence-corrected chi connectivity index (χ1v) is 12.2. The number of hydrogen-bond acceptors (Lipinski definition) is 5. The Bertz CT molecular complexity index is 975. The van der Waals surface area contributed by atoms with Gasteiger partial charge in [0.2, 0.25) is 15.9 Å². The molecule has 1 amide bonds. The lowest BCUT2D eigenvalue weighted by molar-refractivity contribution is -0.120. The van der Waals surface area contributed by atoms with E-state index in [0.29, 0.717) is 44.0 Å². The number of carbonyl (C=O) groups excluding carboxylic acids is 1. The number of methoxy groups -OCH3 is 1. The fourth-order valence-electron chi connectivity index (χ4n) is 3.48.